The minimum Gasteiger partial charge on any atom is -0.380 e. The molecule has 1 aromatic carbocycles. The van der Waals surface area contributed by atoms with Gasteiger partial charge in [0.25, 0.3) is 0 Å². The number of hydrogen-bond acceptors (Lipinski definition) is 2. The number of guanidine groups is 1. The predicted molar refractivity (Wildman–Crippen MR) is 106 cm³/mol. The van der Waals surface area contributed by atoms with E-state index in [1.54, 1.807) is 0 Å². The van der Waals surface area contributed by atoms with E-state index in [0.29, 0.717) is 25.1 Å². The highest BCUT2D eigenvalue weighted by Gasteiger charge is 2.38. The van der Waals surface area contributed by atoms with Crippen molar-refractivity contribution in [3.8, 4) is 0 Å². The molecule has 0 bridgehead atoms. The van der Waals surface area contributed by atoms with E-state index in [2.05, 4.69) is 62.7 Å². The van der Waals surface area contributed by atoms with Crippen molar-refractivity contribution in [2.75, 3.05) is 26.3 Å². The lowest BCUT2D eigenvalue weighted by Gasteiger charge is -2.11. The monoisotopic (exact) mass is 481 g/mol. The zero-order valence-corrected chi connectivity index (χ0v) is 17.1. The van der Waals surface area contributed by atoms with Crippen molar-refractivity contribution in [1.29, 1.82) is 0 Å². The second kappa shape index (κ2) is 10.4. The molecular weight excluding hydrogens is 457 g/mol. The van der Waals surface area contributed by atoms with Gasteiger partial charge in [0.15, 0.2) is 5.96 Å². The molecule has 22 heavy (non-hydrogen) atoms. The van der Waals surface area contributed by atoms with Crippen molar-refractivity contribution in [3.63, 3.8) is 0 Å². The number of halogens is 2. The molecule has 6 heteroatoms. The normalized spacial score (nSPS) is 20.2. The number of ether oxygens (including phenoxy) is 1. The first-order valence-electron chi connectivity index (χ1n) is 7.62. The van der Waals surface area contributed by atoms with Gasteiger partial charge in [-0.05, 0) is 38.0 Å². The number of rotatable bonds is 7. The van der Waals surface area contributed by atoms with Crippen molar-refractivity contribution >= 4 is 45.9 Å². The summed E-state index contributed by atoms with van der Waals surface area (Å²) in [6.45, 7) is 7.07. The summed E-state index contributed by atoms with van der Waals surface area (Å²) in [7, 11) is 0. The molecule has 0 radical (unpaired) electrons. The highest BCUT2D eigenvalue weighted by atomic mass is 127. The van der Waals surface area contributed by atoms with Gasteiger partial charge in [-0.1, -0.05) is 28.1 Å². The van der Waals surface area contributed by atoms with Crippen LogP contribution in [0, 0.1) is 0 Å². The lowest BCUT2D eigenvalue weighted by molar-refractivity contribution is 0.155. The number of nitrogens with zero attached hydrogens (tertiary/aromatic N) is 1. The van der Waals surface area contributed by atoms with Crippen molar-refractivity contribution in [1.82, 2.24) is 10.6 Å². The zero-order chi connectivity index (χ0) is 15.1. The number of aliphatic imine (C=N–C) groups is 1. The molecule has 0 heterocycles. The fraction of sp³-hybridized carbons (Fsp3) is 0.562. The van der Waals surface area contributed by atoms with Crippen LogP contribution in [0.25, 0.3) is 0 Å². The van der Waals surface area contributed by atoms with Crippen LogP contribution in [0.4, 0.5) is 0 Å². The summed E-state index contributed by atoms with van der Waals surface area (Å²) in [5.74, 6) is 1.48. The number of hydrogen-bond donors (Lipinski definition) is 2. The van der Waals surface area contributed by atoms with E-state index in [0.717, 1.165) is 30.0 Å². The van der Waals surface area contributed by atoms with Gasteiger partial charge in [-0.2, -0.15) is 0 Å². The summed E-state index contributed by atoms with van der Waals surface area (Å²) in [6.07, 6.45) is 1.16. The average molecular weight is 482 g/mol. The minimum absolute atomic E-state index is 0. The Morgan fingerprint density at radius 2 is 2.05 bits per heavy atom. The van der Waals surface area contributed by atoms with Crippen LogP contribution in [0.15, 0.2) is 33.7 Å². The number of nitrogens with one attached hydrogen (secondary N) is 2. The van der Waals surface area contributed by atoms with Gasteiger partial charge >= 0.3 is 0 Å². The molecule has 2 unspecified atom stereocenters. The highest BCUT2D eigenvalue weighted by Crippen LogP contribution is 2.40. The Bertz CT molecular complexity index is 467. The third-order valence-corrected chi connectivity index (χ3v) is 3.99. The van der Waals surface area contributed by atoms with Crippen LogP contribution in [0.2, 0.25) is 0 Å². The Hall–Kier alpha value is -0.340. The van der Waals surface area contributed by atoms with Gasteiger partial charge in [0.2, 0.25) is 0 Å². The van der Waals surface area contributed by atoms with E-state index in [-0.39, 0.29) is 24.0 Å². The maximum absolute atomic E-state index is 5.32. The molecule has 0 spiro atoms. The van der Waals surface area contributed by atoms with Crippen molar-refractivity contribution in [2.45, 2.75) is 32.2 Å². The Morgan fingerprint density at radius 3 is 2.68 bits per heavy atom. The Kier molecular flexibility index (Phi) is 9.35. The van der Waals surface area contributed by atoms with Crippen LogP contribution < -0.4 is 10.6 Å². The summed E-state index contributed by atoms with van der Waals surface area (Å²) in [5.41, 5.74) is 1.39. The quantitative estimate of drug-likeness (QED) is 0.271. The molecule has 2 N–H and O–H groups in total. The van der Waals surface area contributed by atoms with Crippen molar-refractivity contribution in [2.24, 2.45) is 4.99 Å². The summed E-state index contributed by atoms with van der Waals surface area (Å²) in [6, 6.07) is 9.07. The first-order chi connectivity index (χ1) is 10.2. The molecule has 1 saturated carbocycles. The molecule has 1 fully saturated rings. The molecule has 4 nitrogen and oxygen atoms in total. The third-order valence-electron chi connectivity index (χ3n) is 3.46. The van der Waals surface area contributed by atoms with Gasteiger partial charge in [-0.15, -0.1) is 24.0 Å². The largest absolute Gasteiger partial charge is 0.380 e. The molecule has 0 amide bonds. The molecule has 2 rings (SSSR count). The smallest absolute Gasteiger partial charge is 0.191 e. The van der Waals surface area contributed by atoms with E-state index in [1.807, 2.05) is 6.92 Å². The number of benzene rings is 1. The SMILES string of the molecule is CCNC(=NCCOCC)NC1CC1c1ccc(Br)cc1.I. The van der Waals surface area contributed by atoms with Gasteiger partial charge < -0.3 is 15.4 Å². The van der Waals surface area contributed by atoms with E-state index in [4.69, 9.17) is 4.74 Å². The van der Waals surface area contributed by atoms with Crippen LogP contribution in [-0.2, 0) is 4.74 Å². The lowest BCUT2D eigenvalue weighted by atomic mass is 10.1. The van der Waals surface area contributed by atoms with Gasteiger partial charge in [-0.3, -0.25) is 4.99 Å². The summed E-state index contributed by atoms with van der Waals surface area (Å²) >= 11 is 3.48. The van der Waals surface area contributed by atoms with Gasteiger partial charge in [0.1, 0.15) is 0 Å². The highest BCUT2D eigenvalue weighted by molar-refractivity contribution is 14.0. The fourth-order valence-corrected chi connectivity index (χ4v) is 2.56. The first kappa shape index (κ1) is 19.7. The maximum Gasteiger partial charge on any atom is 0.191 e. The fourth-order valence-electron chi connectivity index (χ4n) is 2.29. The van der Waals surface area contributed by atoms with Crippen molar-refractivity contribution in [3.05, 3.63) is 34.3 Å². The molecule has 1 aromatic rings. The Morgan fingerprint density at radius 1 is 1.32 bits per heavy atom. The van der Waals surface area contributed by atoms with E-state index < -0.39 is 0 Å². The molecule has 124 valence electrons. The molecule has 1 aliphatic carbocycles. The molecule has 1 aliphatic rings. The van der Waals surface area contributed by atoms with E-state index in [1.165, 1.54) is 5.56 Å². The molecular formula is C16H25BrIN3O. The van der Waals surface area contributed by atoms with E-state index in [9.17, 15) is 0 Å². The predicted octanol–water partition coefficient (Wildman–Crippen LogP) is 3.51. The topological polar surface area (TPSA) is 45.7 Å². The molecule has 2 atom stereocenters. The standard InChI is InChI=1S/C16H24BrN3O.HI/c1-3-18-16(19-9-10-21-4-2)20-15-11-14(15)12-5-7-13(17)8-6-12;/h5-8,14-15H,3-4,9-11H2,1-2H3,(H2,18,19,20);1H. The summed E-state index contributed by atoms with van der Waals surface area (Å²) in [5, 5.41) is 6.79. The van der Waals surface area contributed by atoms with Crippen molar-refractivity contribution < 1.29 is 4.74 Å². The molecule has 0 aliphatic heterocycles. The van der Waals surface area contributed by atoms with Crippen LogP contribution in [-0.4, -0.2) is 38.3 Å². The maximum atomic E-state index is 5.32. The van der Waals surface area contributed by atoms with Gasteiger partial charge in [-0.25, -0.2) is 0 Å². The molecule has 0 aromatic heterocycles. The van der Waals surface area contributed by atoms with Gasteiger partial charge in [0.05, 0.1) is 13.2 Å². The molecule has 0 saturated heterocycles. The van der Waals surface area contributed by atoms with E-state index >= 15 is 0 Å². The van der Waals surface area contributed by atoms with Crippen LogP contribution in [0.5, 0.6) is 0 Å². The lowest BCUT2D eigenvalue weighted by Crippen LogP contribution is -2.39. The van der Waals surface area contributed by atoms with Crippen LogP contribution >= 0.6 is 39.9 Å². The zero-order valence-electron chi connectivity index (χ0n) is 13.1. The second-order valence-corrected chi connectivity index (χ2v) is 6.02. The Labute approximate surface area is 158 Å². The average Bonchev–Trinajstić information content (AvgIpc) is 3.24. The summed E-state index contributed by atoms with van der Waals surface area (Å²) in [4.78, 5) is 4.54. The first-order valence-corrected chi connectivity index (χ1v) is 8.42. The van der Waals surface area contributed by atoms with Crippen LogP contribution in [0.3, 0.4) is 0 Å². The minimum atomic E-state index is 0. The summed E-state index contributed by atoms with van der Waals surface area (Å²) < 4.78 is 6.44. The Balaban J connectivity index is 0.00000242. The van der Waals surface area contributed by atoms with Crippen LogP contribution in [0.1, 0.15) is 31.7 Å². The van der Waals surface area contributed by atoms with Gasteiger partial charge in [0, 0.05) is 29.6 Å². The third kappa shape index (κ3) is 6.42. The second-order valence-electron chi connectivity index (χ2n) is 5.10.